The first-order valence-corrected chi connectivity index (χ1v) is 11.1. The number of benzene rings is 2. The highest BCUT2D eigenvalue weighted by Crippen LogP contribution is 2.24. The molecule has 32 heavy (non-hydrogen) atoms. The van der Waals surface area contributed by atoms with Gasteiger partial charge >= 0.3 is 11.9 Å². The molecule has 0 unspecified atom stereocenters. The Morgan fingerprint density at radius 1 is 0.656 bits per heavy atom. The summed E-state index contributed by atoms with van der Waals surface area (Å²) in [6.45, 7) is 7.96. The Labute approximate surface area is 190 Å². The lowest BCUT2D eigenvalue weighted by Gasteiger charge is -2.09. The summed E-state index contributed by atoms with van der Waals surface area (Å²) in [4.78, 5) is 23.8. The molecule has 6 heteroatoms. The van der Waals surface area contributed by atoms with Crippen molar-refractivity contribution in [1.82, 2.24) is 0 Å². The number of esters is 2. The van der Waals surface area contributed by atoms with Crippen molar-refractivity contribution in [2.45, 2.75) is 66.2 Å². The number of phenols is 2. The predicted molar refractivity (Wildman–Crippen MR) is 123 cm³/mol. The minimum absolute atomic E-state index is 0.259. The van der Waals surface area contributed by atoms with E-state index in [1.807, 2.05) is 52.0 Å². The molecule has 0 radical (unpaired) electrons. The van der Waals surface area contributed by atoms with Crippen molar-refractivity contribution >= 4 is 11.9 Å². The number of carbonyl (C=O) groups is 2. The van der Waals surface area contributed by atoms with E-state index in [2.05, 4.69) is 0 Å². The first-order chi connectivity index (χ1) is 15.2. The van der Waals surface area contributed by atoms with Gasteiger partial charge in [0.15, 0.2) is 0 Å². The van der Waals surface area contributed by atoms with E-state index in [1.54, 1.807) is 0 Å². The van der Waals surface area contributed by atoms with Gasteiger partial charge in [0.2, 0.25) is 0 Å². The Balaban J connectivity index is 1.56. The summed E-state index contributed by atoms with van der Waals surface area (Å²) in [7, 11) is 0. The monoisotopic (exact) mass is 442 g/mol. The van der Waals surface area contributed by atoms with Crippen LogP contribution in [0.4, 0.5) is 0 Å². The topological polar surface area (TPSA) is 93.1 Å². The van der Waals surface area contributed by atoms with E-state index in [9.17, 15) is 19.8 Å². The van der Waals surface area contributed by atoms with E-state index in [0.29, 0.717) is 50.4 Å². The van der Waals surface area contributed by atoms with Gasteiger partial charge in [0.1, 0.15) is 11.5 Å². The molecule has 0 aliphatic rings. The third-order valence-corrected chi connectivity index (χ3v) is 5.40. The predicted octanol–water partition coefficient (Wildman–Crippen LogP) is 4.76. The maximum Gasteiger partial charge on any atom is 0.306 e. The minimum atomic E-state index is -0.259. The molecule has 0 aromatic heterocycles. The van der Waals surface area contributed by atoms with Gasteiger partial charge in [-0.25, -0.2) is 0 Å². The third-order valence-electron chi connectivity index (χ3n) is 5.40. The van der Waals surface area contributed by atoms with Gasteiger partial charge in [0.25, 0.3) is 0 Å². The van der Waals surface area contributed by atoms with Gasteiger partial charge in [-0.2, -0.15) is 0 Å². The summed E-state index contributed by atoms with van der Waals surface area (Å²) >= 11 is 0. The molecule has 0 fully saturated rings. The summed E-state index contributed by atoms with van der Waals surface area (Å²) in [6, 6.07) is 7.53. The zero-order valence-corrected chi connectivity index (χ0v) is 19.5. The van der Waals surface area contributed by atoms with Crippen LogP contribution in [-0.4, -0.2) is 35.4 Å². The number of ether oxygens (including phenoxy) is 2. The highest BCUT2D eigenvalue weighted by molar-refractivity contribution is 5.70. The number of aryl methyl sites for hydroxylation is 6. The smallest absolute Gasteiger partial charge is 0.306 e. The number of rotatable bonds is 11. The first-order valence-electron chi connectivity index (χ1n) is 11.1. The van der Waals surface area contributed by atoms with Gasteiger partial charge in [0.05, 0.1) is 13.2 Å². The van der Waals surface area contributed by atoms with Gasteiger partial charge in [-0.05, 0) is 86.8 Å². The van der Waals surface area contributed by atoms with Gasteiger partial charge in [-0.3, -0.25) is 9.59 Å². The Morgan fingerprint density at radius 2 is 0.969 bits per heavy atom. The Bertz CT molecular complexity index is 824. The minimum Gasteiger partial charge on any atom is -0.507 e. The summed E-state index contributed by atoms with van der Waals surface area (Å²) in [5.41, 5.74) is 5.21. The Morgan fingerprint density at radius 3 is 1.28 bits per heavy atom. The Hall–Kier alpha value is -3.02. The van der Waals surface area contributed by atoms with Crippen LogP contribution in [0.25, 0.3) is 0 Å². The number of unbranched alkanes of at least 4 members (excludes halogenated alkanes) is 1. The van der Waals surface area contributed by atoms with Crippen LogP contribution in [0.15, 0.2) is 24.3 Å². The summed E-state index contributed by atoms with van der Waals surface area (Å²) < 4.78 is 10.5. The van der Waals surface area contributed by atoms with E-state index in [1.165, 1.54) is 0 Å². The van der Waals surface area contributed by atoms with E-state index in [0.717, 1.165) is 33.4 Å². The highest BCUT2D eigenvalue weighted by Gasteiger charge is 2.09. The molecule has 0 spiro atoms. The molecule has 0 atom stereocenters. The standard InChI is InChI=1S/C26H34O6/c1-17-13-21(14-18(2)25(17)29)7-9-23(27)31-11-5-6-12-32-24(28)10-8-22-15-19(3)26(30)20(4)16-22/h13-16,29-30H,5-12H2,1-4H3. The molecule has 0 saturated carbocycles. The zero-order valence-electron chi connectivity index (χ0n) is 19.5. The van der Waals surface area contributed by atoms with Crippen LogP contribution in [-0.2, 0) is 31.9 Å². The van der Waals surface area contributed by atoms with Crippen molar-refractivity contribution in [2.75, 3.05) is 13.2 Å². The van der Waals surface area contributed by atoms with Crippen molar-refractivity contribution in [2.24, 2.45) is 0 Å². The van der Waals surface area contributed by atoms with E-state index in [4.69, 9.17) is 9.47 Å². The SMILES string of the molecule is Cc1cc(CCC(=O)OCCCCOC(=O)CCc2cc(C)c(O)c(C)c2)cc(C)c1O. The van der Waals surface area contributed by atoms with Gasteiger partial charge in [-0.1, -0.05) is 24.3 Å². The second-order valence-electron chi connectivity index (χ2n) is 8.30. The molecule has 0 saturated heterocycles. The average molecular weight is 443 g/mol. The van der Waals surface area contributed by atoms with E-state index < -0.39 is 0 Å². The normalized spacial score (nSPS) is 10.8. The maximum atomic E-state index is 11.9. The number of hydrogen-bond donors (Lipinski definition) is 2. The molecule has 0 bridgehead atoms. The fraction of sp³-hybridized carbons (Fsp3) is 0.462. The van der Waals surface area contributed by atoms with Crippen LogP contribution in [0.5, 0.6) is 11.5 Å². The molecule has 0 amide bonds. The molecule has 2 rings (SSSR count). The van der Waals surface area contributed by atoms with Crippen LogP contribution in [0.3, 0.4) is 0 Å². The first kappa shape index (κ1) is 25.2. The zero-order chi connectivity index (χ0) is 23.7. The molecule has 2 aromatic rings. The lowest BCUT2D eigenvalue weighted by Crippen LogP contribution is -2.10. The molecule has 2 aromatic carbocycles. The number of aromatic hydroxyl groups is 2. The van der Waals surface area contributed by atoms with Crippen molar-refractivity contribution in [3.8, 4) is 11.5 Å². The fourth-order valence-corrected chi connectivity index (χ4v) is 3.59. The van der Waals surface area contributed by atoms with E-state index >= 15 is 0 Å². The van der Waals surface area contributed by atoms with Crippen LogP contribution in [0.2, 0.25) is 0 Å². The lowest BCUT2D eigenvalue weighted by atomic mass is 10.0. The molecular weight excluding hydrogens is 408 g/mol. The molecule has 0 aliphatic carbocycles. The summed E-state index contributed by atoms with van der Waals surface area (Å²) in [5.74, 6) is 0.0693. The van der Waals surface area contributed by atoms with Crippen LogP contribution < -0.4 is 0 Å². The highest BCUT2D eigenvalue weighted by atomic mass is 16.5. The number of hydrogen-bond acceptors (Lipinski definition) is 6. The molecule has 6 nitrogen and oxygen atoms in total. The van der Waals surface area contributed by atoms with Gasteiger partial charge in [-0.15, -0.1) is 0 Å². The summed E-state index contributed by atoms with van der Waals surface area (Å²) in [6.07, 6.45) is 2.97. The molecule has 0 aliphatic heterocycles. The van der Waals surface area contributed by atoms with Crippen LogP contribution in [0, 0.1) is 27.7 Å². The quantitative estimate of drug-likeness (QED) is 0.385. The lowest BCUT2D eigenvalue weighted by molar-refractivity contribution is -0.146. The van der Waals surface area contributed by atoms with Crippen LogP contribution >= 0.6 is 0 Å². The van der Waals surface area contributed by atoms with Crippen molar-refractivity contribution in [3.05, 3.63) is 57.6 Å². The second-order valence-corrected chi connectivity index (χ2v) is 8.30. The third kappa shape index (κ3) is 7.91. The molecule has 2 N–H and O–H groups in total. The van der Waals surface area contributed by atoms with Crippen LogP contribution in [0.1, 0.15) is 59.1 Å². The van der Waals surface area contributed by atoms with Crippen molar-refractivity contribution in [3.63, 3.8) is 0 Å². The largest absolute Gasteiger partial charge is 0.507 e. The fourth-order valence-electron chi connectivity index (χ4n) is 3.59. The van der Waals surface area contributed by atoms with Crippen molar-refractivity contribution in [1.29, 1.82) is 0 Å². The average Bonchev–Trinajstić information content (AvgIpc) is 2.75. The molecule has 0 heterocycles. The maximum absolute atomic E-state index is 11.9. The Kier molecular flexibility index (Phi) is 9.57. The van der Waals surface area contributed by atoms with Crippen molar-refractivity contribution < 1.29 is 29.3 Å². The number of carbonyl (C=O) groups excluding carboxylic acids is 2. The number of phenolic OH excluding ortho intramolecular Hbond substituents is 2. The molecule has 174 valence electrons. The summed E-state index contributed by atoms with van der Waals surface area (Å²) in [5, 5.41) is 19.6. The second kappa shape index (κ2) is 12.1. The van der Waals surface area contributed by atoms with Gasteiger partial charge < -0.3 is 19.7 Å². The van der Waals surface area contributed by atoms with Gasteiger partial charge in [0, 0.05) is 12.8 Å². The van der Waals surface area contributed by atoms with E-state index in [-0.39, 0.29) is 24.8 Å². The molecular formula is C26H34O6.